The van der Waals surface area contributed by atoms with Gasteiger partial charge in [-0.2, -0.15) is 11.3 Å². The summed E-state index contributed by atoms with van der Waals surface area (Å²) in [5.41, 5.74) is -0.112. The molecular weight excluding hydrogens is 429 g/mol. The summed E-state index contributed by atoms with van der Waals surface area (Å²) < 4.78 is 14.9. The van der Waals surface area contributed by atoms with Gasteiger partial charge in [-0.25, -0.2) is 4.39 Å². The molecule has 3 aromatic rings. The Morgan fingerprint density at radius 1 is 1.14 bits per heavy atom. The molecular formula is C22H17ClFNO2S2. The minimum absolute atomic E-state index is 0.00493. The number of carbonyl (C=O) groups excluding carboxylic acids is 2. The van der Waals surface area contributed by atoms with Crippen LogP contribution in [0, 0.1) is 5.82 Å². The molecule has 3 nitrogen and oxygen atoms in total. The molecule has 1 aliphatic heterocycles. The normalized spacial score (nSPS) is 22.2. The van der Waals surface area contributed by atoms with Gasteiger partial charge in [-0.3, -0.25) is 9.59 Å². The molecule has 1 aromatic heterocycles. The van der Waals surface area contributed by atoms with Crippen LogP contribution in [-0.2, 0) is 15.1 Å². The van der Waals surface area contributed by atoms with Crippen molar-refractivity contribution in [3.05, 3.63) is 87.3 Å². The zero-order valence-corrected chi connectivity index (χ0v) is 17.9. The van der Waals surface area contributed by atoms with Gasteiger partial charge in [0.1, 0.15) is 16.6 Å². The Hall–Kier alpha value is -2.15. The second-order valence-corrected chi connectivity index (χ2v) is 9.15. The molecule has 2 atom stereocenters. The summed E-state index contributed by atoms with van der Waals surface area (Å²) >= 11 is 8.82. The summed E-state index contributed by atoms with van der Waals surface area (Å²) in [6.07, 6.45) is -0.00493. The third-order valence-electron chi connectivity index (χ3n) is 5.25. The van der Waals surface area contributed by atoms with Crippen molar-refractivity contribution in [3.63, 3.8) is 0 Å². The van der Waals surface area contributed by atoms with Crippen LogP contribution in [0.25, 0.3) is 0 Å². The standard InChI is InChI=1S/C22H17ClFNO2S2/c1-25-21(27)20(29-19-9-5-3-7-16(19)23)18(26)12-22(25,14-10-11-28-13-14)15-6-2-4-8-17(15)24/h2-11,13,20H,12H2,1H3. The fraction of sp³-hybridized carbons (Fsp3) is 0.182. The van der Waals surface area contributed by atoms with Crippen molar-refractivity contribution in [2.45, 2.75) is 22.1 Å². The summed E-state index contributed by atoms with van der Waals surface area (Å²) in [5.74, 6) is -1.04. The van der Waals surface area contributed by atoms with Gasteiger partial charge in [0, 0.05) is 23.9 Å². The first-order valence-electron chi connectivity index (χ1n) is 8.94. The monoisotopic (exact) mass is 445 g/mol. The van der Waals surface area contributed by atoms with E-state index in [-0.39, 0.29) is 18.1 Å². The average molecular weight is 446 g/mol. The summed E-state index contributed by atoms with van der Waals surface area (Å²) in [6, 6.07) is 15.3. The third-order valence-corrected chi connectivity index (χ3v) is 7.68. The van der Waals surface area contributed by atoms with E-state index >= 15 is 0 Å². The number of piperidine rings is 1. The quantitative estimate of drug-likeness (QED) is 0.506. The Labute approximate surface area is 181 Å². The highest BCUT2D eigenvalue weighted by atomic mass is 35.5. The van der Waals surface area contributed by atoms with E-state index in [1.807, 2.05) is 22.9 Å². The Morgan fingerprint density at radius 2 is 1.86 bits per heavy atom. The summed E-state index contributed by atoms with van der Waals surface area (Å²) in [6.45, 7) is 0. The highest BCUT2D eigenvalue weighted by Crippen LogP contribution is 2.46. The molecule has 0 N–H and O–H groups in total. The van der Waals surface area contributed by atoms with Crippen molar-refractivity contribution < 1.29 is 14.0 Å². The van der Waals surface area contributed by atoms with Crippen molar-refractivity contribution in [1.29, 1.82) is 0 Å². The van der Waals surface area contributed by atoms with Gasteiger partial charge in [0.05, 0.1) is 5.02 Å². The number of rotatable bonds is 4. The van der Waals surface area contributed by atoms with Gasteiger partial charge in [-0.1, -0.05) is 41.9 Å². The maximum Gasteiger partial charge on any atom is 0.244 e. The predicted octanol–water partition coefficient (Wildman–Crippen LogP) is 5.38. The van der Waals surface area contributed by atoms with Gasteiger partial charge in [0.25, 0.3) is 0 Å². The molecule has 29 heavy (non-hydrogen) atoms. The van der Waals surface area contributed by atoms with Crippen molar-refractivity contribution >= 4 is 46.4 Å². The van der Waals surface area contributed by atoms with Crippen LogP contribution in [0.2, 0.25) is 5.02 Å². The van der Waals surface area contributed by atoms with E-state index in [0.29, 0.717) is 15.5 Å². The highest BCUT2D eigenvalue weighted by Gasteiger charge is 2.52. The number of hydrogen-bond acceptors (Lipinski definition) is 4. The number of nitrogens with zero attached hydrogens (tertiary/aromatic N) is 1. The topological polar surface area (TPSA) is 37.4 Å². The van der Waals surface area contributed by atoms with Gasteiger partial charge >= 0.3 is 0 Å². The molecule has 0 radical (unpaired) electrons. The number of thioether (sulfide) groups is 1. The molecule has 2 heterocycles. The number of benzene rings is 2. The van der Waals surface area contributed by atoms with E-state index < -0.39 is 16.6 Å². The lowest BCUT2D eigenvalue weighted by Crippen LogP contribution is -2.58. The van der Waals surface area contributed by atoms with Crippen LogP contribution in [0.4, 0.5) is 4.39 Å². The molecule has 4 rings (SSSR count). The van der Waals surface area contributed by atoms with Crippen LogP contribution in [0.1, 0.15) is 17.5 Å². The van der Waals surface area contributed by atoms with E-state index in [2.05, 4.69) is 0 Å². The molecule has 1 fully saturated rings. The van der Waals surface area contributed by atoms with Crippen molar-refractivity contribution in [1.82, 2.24) is 4.90 Å². The van der Waals surface area contributed by atoms with Crippen LogP contribution >= 0.6 is 34.7 Å². The Kier molecular flexibility index (Phi) is 5.51. The van der Waals surface area contributed by atoms with Crippen LogP contribution in [0.5, 0.6) is 0 Å². The van der Waals surface area contributed by atoms with E-state index in [9.17, 15) is 14.0 Å². The number of likely N-dealkylation sites (tertiary alicyclic amines) is 1. The Morgan fingerprint density at radius 3 is 2.55 bits per heavy atom. The number of halogens is 2. The summed E-state index contributed by atoms with van der Waals surface area (Å²) in [5, 5.41) is 3.30. The number of thiophene rings is 1. The smallest absolute Gasteiger partial charge is 0.244 e. The maximum atomic E-state index is 14.9. The maximum absolute atomic E-state index is 14.9. The van der Waals surface area contributed by atoms with Crippen LogP contribution < -0.4 is 0 Å². The van der Waals surface area contributed by atoms with Crippen LogP contribution in [0.3, 0.4) is 0 Å². The fourth-order valence-corrected chi connectivity index (χ4v) is 5.83. The molecule has 1 saturated heterocycles. The van der Waals surface area contributed by atoms with Crippen molar-refractivity contribution in [3.8, 4) is 0 Å². The number of carbonyl (C=O) groups is 2. The Balaban J connectivity index is 1.79. The lowest BCUT2D eigenvalue weighted by molar-refractivity contribution is -0.144. The van der Waals surface area contributed by atoms with E-state index in [4.69, 9.17) is 11.6 Å². The van der Waals surface area contributed by atoms with Crippen molar-refractivity contribution in [2.75, 3.05) is 7.05 Å². The second kappa shape index (κ2) is 7.94. The SMILES string of the molecule is CN1C(=O)C(Sc2ccccc2Cl)C(=O)CC1(c1ccsc1)c1ccccc1F. The number of Topliss-reactive ketones (excluding diaryl/α,β-unsaturated/α-hetero) is 1. The zero-order valence-electron chi connectivity index (χ0n) is 15.5. The fourth-order valence-electron chi connectivity index (χ4n) is 3.77. The lowest BCUT2D eigenvalue weighted by Gasteiger charge is -2.47. The van der Waals surface area contributed by atoms with Gasteiger partial charge in [0.15, 0.2) is 5.78 Å². The second-order valence-electron chi connectivity index (χ2n) is 6.82. The number of hydrogen-bond donors (Lipinski definition) is 0. The molecule has 1 aliphatic rings. The van der Waals surface area contributed by atoms with Gasteiger partial charge < -0.3 is 4.90 Å². The summed E-state index contributed by atoms with van der Waals surface area (Å²) in [7, 11) is 1.64. The molecule has 0 saturated carbocycles. The molecule has 1 amide bonds. The van der Waals surface area contributed by atoms with Gasteiger partial charge in [0.2, 0.25) is 5.91 Å². The molecule has 0 aliphatic carbocycles. The van der Waals surface area contributed by atoms with Gasteiger partial charge in [-0.15, -0.1) is 11.8 Å². The first kappa shape index (κ1) is 20.1. The molecule has 0 bridgehead atoms. The Bertz CT molecular complexity index is 1070. The number of amides is 1. The minimum atomic E-state index is -1.17. The van der Waals surface area contributed by atoms with Crippen LogP contribution in [-0.4, -0.2) is 28.9 Å². The highest BCUT2D eigenvalue weighted by molar-refractivity contribution is 8.01. The zero-order chi connectivity index (χ0) is 20.6. The van der Waals surface area contributed by atoms with E-state index in [1.54, 1.807) is 43.4 Å². The first-order chi connectivity index (χ1) is 13.9. The largest absolute Gasteiger partial charge is 0.330 e. The lowest BCUT2D eigenvalue weighted by atomic mass is 9.75. The molecule has 2 aromatic carbocycles. The molecule has 0 spiro atoms. The third kappa shape index (κ3) is 3.39. The van der Waals surface area contributed by atoms with Crippen LogP contribution in [0.15, 0.2) is 70.3 Å². The van der Waals surface area contributed by atoms with Crippen molar-refractivity contribution in [2.24, 2.45) is 0 Å². The molecule has 7 heteroatoms. The molecule has 148 valence electrons. The average Bonchev–Trinajstić information content (AvgIpc) is 3.25. The summed E-state index contributed by atoms with van der Waals surface area (Å²) in [4.78, 5) is 28.8. The van der Waals surface area contributed by atoms with Gasteiger partial charge in [-0.05, 0) is 40.6 Å². The number of ketones is 1. The minimum Gasteiger partial charge on any atom is -0.330 e. The van der Waals surface area contributed by atoms with E-state index in [0.717, 1.165) is 17.3 Å². The first-order valence-corrected chi connectivity index (χ1v) is 11.1. The molecule has 2 unspecified atom stereocenters. The predicted molar refractivity (Wildman–Crippen MR) is 115 cm³/mol. The van der Waals surface area contributed by atoms with E-state index in [1.165, 1.54) is 22.3 Å².